The Balaban J connectivity index is 2.04. The van der Waals surface area contributed by atoms with E-state index >= 15 is 0 Å². The molecule has 6 heteroatoms. The van der Waals surface area contributed by atoms with Gasteiger partial charge in [0.05, 0.1) is 21.8 Å². The fraction of sp³-hybridized carbons (Fsp3) is 0.462. The van der Waals surface area contributed by atoms with Crippen LogP contribution in [0.5, 0.6) is 0 Å². The standard InChI is InChI=1S/C13H17Cl2N3O/c1-9(18-7-5-16-6-8-18)13(19)17-12-10(14)3-2-4-11(12)15/h2-4,9,16H,5-8H2,1H3,(H,17,19). The fourth-order valence-corrected chi connectivity index (χ4v) is 2.57. The van der Waals surface area contributed by atoms with Gasteiger partial charge in [-0.15, -0.1) is 0 Å². The molecule has 1 fully saturated rings. The lowest BCUT2D eigenvalue weighted by atomic mass is 10.2. The normalized spacial score (nSPS) is 18.1. The van der Waals surface area contributed by atoms with E-state index in [-0.39, 0.29) is 11.9 Å². The van der Waals surface area contributed by atoms with Crippen LogP contribution < -0.4 is 10.6 Å². The number of amides is 1. The highest BCUT2D eigenvalue weighted by molar-refractivity contribution is 6.39. The molecular formula is C13H17Cl2N3O. The number of carbonyl (C=O) groups excluding carboxylic acids is 1. The van der Waals surface area contributed by atoms with Crippen molar-refractivity contribution in [3.05, 3.63) is 28.2 Å². The minimum atomic E-state index is -0.200. The lowest BCUT2D eigenvalue weighted by Gasteiger charge is -2.31. The molecule has 0 aliphatic carbocycles. The Hall–Kier alpha value is -0.810. The minimum absolute atomic E-state index is 0.0862. The zero-order chi connectivity index (χ0) is 13.8. The molecule has 19 heavy (non-hydrogen) atoms. The van der Waals surface area contributed by atoms with E-state index in [1.54, 1.807) is 18.2 Å². The summed E-state index contributed by atoms with van der Waals surface area (Å²) in [6, 6.07) is 4.96. The molecule has 2 rings (SSSR count). The third-order valence-corrected chi connectivity index (χ3v) is 3.92. The van der Waals surface area contributed by atoms with Crippen LogP contribution in [0.3, 0.4) is 0 Å². The number of benzene rings is 1. The average Bonchev–Trinajstić information content (AvgIpc) is 2.43. The maximum absolute atomic E-state index is 12.2. The van der Waals surface area contributed by atoms with Crippen molar-refractivity contribution in [1.29, 1.82) is 0 Å². The summed E-state index contributed by atoms with van der Waals surface area (Å²) in [4.78, 5) is 14.4. The van der Waals surface area contributed by atoms with Crippen LogP contribution in [0.4, 0.5) is 5.69 Å². The number of hydrogen-bond donors (Lipinski definition) is 2. The molecule has 0 radical (unpaired) electrons. The van der Waals surface area contributed by atoms with E-state index in [0.29, 0.717) is 15.7 Å². The molecule has 1 aromatic rings. The lowest BCUT2D eigenvalue weighted by molar-refractivity contribution is -0.120. The smallest absolute Gasteiger partial charge is 0.241 e. The van der Waals surface area contributed by atoms with Crippen LogP contribution in [0, 0.1) is 0 Å². The summed E-state index contributed by atoms with van der Waals surface area (Å²) >= 11 is 12.1. The molecule has 0 bridgehead atoms. The molecule has 1 aliphatic rings. The molecule has 0 saturated carbocycles. The number of anilines is 1. The Bertz CT molecular complexity index is 441. The highest BCUT2D eigenvalue weighted by Crippen LogP contribution is 2.30. The summed E-state index contributed by atoms with van der Waals surface area (Å²) in [6.07, 6.45) is 0. The first-order chi connectivity index (χ1) is 9.09. The monoisotopic (exact) mass is 301 g/mol. The second-order valence-corrected chi connectivity index (χ2v) is 5.36. The van der Waals surface area contributed by atoms with E-state index in [1.165, 1.54) is 0 Å². The highest BCUT2D eigenvalue weighted by Gasteiger charge is 2.23. The first-order valence-corrected chi connectivity index (χ1v) is 7.05. The lowest BCUT2D eigenvalue weighted by Crippen LogP contribution is -2.51. The molecule has 1 unspecified atom stereocenters. The van der Waals surface area contributed by atoms with Crippen molar-refractivity contribution >= 4 is 34.8 Å². The Kier molecular flexibility index (Phi) is 5.05. The summed E-state index contributed by atoms with van der Waals surface area (Å²) in [5.74, 6) is -0.0862. The highest BCUT2D eigenvalue weighted by atomic mass is 35.5. The number of piperazine rings is 1. The molecule has 4 nitrogen and oxygen atoms in total. The molecule has 2 N–H and O–H groups in total. The van der Waals surface area contributed by atoms with E-state index < -0.39 is 0 Å². The zero-order valence-corrected chi connectivity index (χ0v) is 12.3. The van der Waals surface area contributed by atoms with Gasteiger partial charge in [-0.3, -0.25) is 9.69 Å². The van der Waals surface area contributed by atoms with E-state index in [9.17, 15) is 4.79 Å². The van der Waals surface area contributed by atoms with E-state index in [2.05, 4.69) is 15.5 Å². The van der Waals surface area contributed by atoms with Crippen molar-refractivity contribution in [2.75, 3.05) is 31.5 Å². The fourth-order valence-electron chi connectivity index (χ4n) is 2.08. The number of carbonyl (C=O) groups is 1. The van der Waals surface area contributed by atoms with Crippen LogP contribution in [0.1, 0.15) is 6.92 Å². The Morgan fingerprint density at radius 3 is 2.47 bits per heavy atom. The molecule has 1 amide bonds. The van der Waals surface area contributed by atoms with Gasteiger partial charge in [-0.25, -0.2) is 0 Å². The van der Waals surface area contributed by atoms with Crippen molar-refractivity contribution in [1.82, 2.24) is 10.2 Å². The molecule has 104 valence electrons. The number of hydrogen-bond acceptors (Lipinski definition) is 3. The van der Waals surface area contributed by atoms with Crippen LogP contribution in [0.2, 0.25) is 10.0 Å². The van der Waals surface area contributed by atoms with Crippen molar-refractivity contribution in [2.24, 2.45) is 0 Å². The maximum Gasteiger partial charge on any atom is 0.241 e. The molecule has 0 spiro atoms. The minimum Gasteiger partial charge on any atom is -0.322 e. The van der Waals surface area contributed by atoms with Crippen LogP contribution in [0.15, 0.2) is 18.2 Å². The number of nitrogens with zero attached hydrogens (tertiary/aromatic N) is 1. The maximum atomic E-state index is 12.2. The third-order valence-electron chi connectivity index (χ3n) is 3.29. The predicted octanol–water partition coefficient (Wildman–Crippen LogP) is 2.23. The molecule has 1 atom stereocenters. The van der Waals surface area contributed by atoms with Gasteiger partial charge in [0.25, 0.3) is 0 Å². The number of nitrogens with one attached hydrogen (secondary N) is 2. The molecule has 1 heterocycles. The predicted molar refractivity (Wildman–Crippen MR) is 79.0 cm³/mol. The van der Waals surface area contributed by atoms with Crippen molar-refractivity contribution in [3.63, 3.8) is 0 Å². The quantitative estimate of drug-likeness (QED) is 0.900. The van der Waals surface area contributed by atoms with Crippen LogP contribution >= 0.6 is 23.2 Å². The van der Waals surface area contributed by atoms with Crippen LogP contribution in [-0.4, -0.2) is 43.0 Å². The molecule has 0 aromatic heterocycles. The van der Waals surface area contributed by atoms with E-state index in [0.717, 1.165) is 26.2 Å². The third kappa shape index (κ3) is 3.60. The molecular weight excluding hydrogens is 285 g/mol. The Labute approximate surface area is 123 Å². The molecule has 1 aromatic carbocycles. The second-order valence-electron chi connectivity index (χ2n) is 4.55. The molecule has 1 aliphatic heterocycles. The van der Waals surface area contributed by atoms with Crippen LogP contribution in [-0.2, 0) is 4.79 Å². The van der Waals surface area contributed by atoms with E-state index in [1.807, 2.05) is 6.92 Å². The molecule has 1 saturated heterocycles. The van der Waals surface area contributed by atoms with Gasteiger partial charge >= 0.3 is 0 Å². The topological polar surface area (TPSA) is 44.4 Å². The van der Waals surface area contributed by atoms with Crippen LogP contribution in [0.25, 0.3) is 0 Å². The van der Waals surface area contributed by atoms with Gasteiger partial charge in [-0.1, -0.05) is 29.3 Å². The Morgan fingerprint density at radius 1 is 1.32 bits per heavy atom. The van der Waals surface area contributed by atoms with Gasteiger partial charge in [-0.05, 0) is 19.1 Å². The van der Waals surface area contributed by atoms with Gasteiger partial charge in [0.1, 0.15) is 0 Å². The van der Waals surface area contributed by atoms with Gasteiger partial charge < -0.3 is 10.6 Å². The number of rotatable bonds is 3. The first kappa shape index (κ1) is 14.6. The van der Waals surface area contributed by atoms with Crippen molar-refractivity contribution < 1.29 is 4.79 Å². The first-order valence-electron chi connectivity index (χ1n) is 6.29. The van der Waals surface area contributed by atoms with Gasteiger partial charge in [0.15, 0.2) is 0 Å². The summed E-state index contributed by atoms with van der Waals surface area (Å²) in [5.41, 5.74) is 0.484. The van der Waals surface area contributed by atoms with Crippen molar-refractivity contribution in [3.8, 4) is 0 Å². The summed E-state index contributed by atoms with van der Waals surface area (Å²) in [7, 11) is 0. The Morgan fingerprint density at radius 2 is 1.89 bits per heavy atom. The van der Waals surface area contributed by atoms with Gasteiger partial charge in [0, 0.05) is 26.2 Å². The van der Waals surface area contributed by atoms with E-state index in [4.69, 9.17) is 23.2 Å². The number of para-hydroxylation sites is 1. The van der Waals surface area contributed by atoms with Gasteiger partial charge in [-0.2, -0.15) is 0 Å². The summed E-state index contributed by atoms with van der Waals surface area (Å²) in [6.45, 7) is 5.44. The number of halogens is 2. The second kappa shape index (κ2) is 6.57. The average molecular weight is 302 g/mol. The van der Waals surface area contributed by atoms with Crippen molar-refractivity contribution in [2.45, 2.75) is 13.0 Å². The van der Waals surface area contributed by atoms with Gasteiger partial charge in [0.2, 0.25) is 5.91 Å². The largest absolute Gasteiger partial charge is 0.322 e. The zero-order valence-electron chi connectivity index (χ0n) is 10.7. The summed E-state index contributed by atoms with van der Waals surface area (Å²) in [5, 5.41) is 6.98. The summed E-state index contributed by atoms with van der Waals surface area (Å²) < 4.78 is 0. The SMILES string of the molecule is CC(C(=O)Nc1c(Cl)cccc1Cl)N1CCNCC1.